The van der Waals surface area contributed by atoms with Crippen molar-refractivity contribution in [3.63, 3.8) is 0 Å². The van der Waals surface area contributed by atoms with E-state index in [1.54, 1.807) is 0 Å². The van der Waals surface area contributed by atoms with E-state index in [9.17, 15) is 0 Å². The summed E-state index contributed by atoms with van der Waals surface area (Å²) in [6.07, 6.45) is 0. The molecule has 0 saturated heterocycles. The minimum atomic E-state index is 0. The predicted octanol–water partition coefficient (Wildman–Crippen LogP) is -2.82. The third-order valence-corrected chi connectivity index (χ3v) is 0. The Morgan fingerprint density at radius 2 is 0.385 bits per heavy atom. The Balaban J connectivity index is -0.00000000408. The van der Waals surface area contributed by atoms with Crippen LogP contribution in [0.4, 0.5) is 0 Å². The summed E-state index contributed by atoms with van der Waals surface area (Å²) in [5.74, 6) is 0. The normalized spacial score (nSPS) is 3.38. The molecule has 163 valence electrons. The van der Waals surface area contributed by atoms with E-state index in [1.165, 1.54) is 0 Å². The largest absolute Gasteiger partial charge is 2.00 e. The molecule has 0 heterocycles. The van der Waals surface area contributed by atoms with E-state index < -0.39 is 0 Å². The number of rotatable bonds is 0. The van der Waals surface area contributed by atoms with Crippen LogP contribution < -0.4 is 39.2 Å². The van der Waals surface area contributed by atoms with Crippen molar-refractivity contribution in [3.8, 4) is 0 Å². The minimum absolute atomic E-state index is 0. The van der Waals surface area contributed by atoms with Gasteiger partial charge in [-0.05, 0) is 0 Å². The van der Waals surface area contributed by atoms with Gasteiger partial charge in [0, 0.05) is 51.2 Å². The second kappa shape index (κ2) is 377. The monoisotopic (exact) mass is 604 g/mol. The molecule has 0 unspecified atom stereocenters. The molecule has 0 aliphatic rings. The second-order valence-corrected chi connectivity index (χ2v) is 2.68. The molecule has 0 atom stereocenters. The van der Waals surface area contributed by atoms with E-state index in [0.29, 0.717) is 0 Å². The zero-order chi connectivity index (χ0) is 18.5. The van der Waals surface area contributed by atoms with E-state index in [4.69, 9.17) is 73.5 Å². The van der Waals surface area contributed by atoms with Gasteiger partial charge in [0.05, 0.1) is 28.2 Å². The molecule has 0 N–H and O–H groups in total. The number of hydrogen-bond donors (Lipinski definition) is 0. The van der Waals surface area contributed by atoms with Crippen LogP contribution in [0.15, 0.2) is 0 Å². The first-order valence-corrected chi connectivity index (χ1v) is 3.07. The maximum Gasteiger partial charge on any atom is 2.00 e. The molecule has 0 spiro atoms. The van der Waals surface area contributed by atoms with Crippen LogP contribution in [0.1, 0.15) is 0 Å². The molecule has 0 aromatic rings. The summed E-state index contributed by atoms with van der Waals surface area (Å²) in [4.78, 5) is 50.8. The third kappa shape index (κ3) is 159000. The number of hydrogen-bond acceptors (Lipinski definition) is 7. The molecule has 0 rings (SSSR count). The molecule has 0 aliphatic heterocycles. The summed E-state index contributed by atoms with van der Waals surface area (Å²) in [6, 6.07) is 0. The Morgan fingerprint density at radius 3 is 0.385 bits per heavy atom. The fraction of sp³-hybridized carbons (Fsp3) is 1.00. The summed E-state index contributed by atoms with van der Waals surface area (Å²) in [5.41, 5.74) is 40.2. The van der Waals surface area contributed by atoms with Crippen LogP contribution in [0.3, 0.4) is 0 Å². The maximum absolute atomic E-state index is 7.25. The number of nitrogens with zero attached hydrogens (tertiary/aromatic N) is 8. The Labute approximate surface area is 213 Å². The maximum atomic E-state index is 7.25. The predicted molar refractivity (Wildman–Crippen MR) is 84.6 cm³/mol. The first-order chi connectivity index (χ1) is 9.00. The van der Waals surface area contributed by atoms with Gasteiger partial charge in [-0.1, -0.05) is 0 Å². The van der Waals surface area contributed by atoms with Gasteiger partial charge >= 0.3 is 17.1 Å². The zero-order valence-corrected chi connectivity index (χ0v) is 19.9. The standard InChI is InChI=1S/C4H12N.4Fe.7NO.3S/c1-5(2,3)4;;;;;7*1-2;;;/h1-4H3;;;;;;;;;;;;;;/q+1;;;;+2;;;;;;;;3*-2. The second-order valence-electron chi connectivity index (χ2n) is 2.68. The Hall–Kier alpha value is 0.288. The molecule has 0 saturated carbocycles. The van der Waals surface area contributed by atoms with Gasteiger partial charge in [-0.15, -0.1) is 34.3 Å². The van der Waals surface area contributed by atoms with E-state index in [-0.39, 0.29) is 109 Å². The molecule has 26 heavy (non-hydrogen) atoms. The van der Waals surface area contributed by atoms with Crippen molar-refractivity contribution < 1.29 is 72.8 Å². The Kier molecular flexibility index (Phi) is 1910. The van der Waals surface area contributed by atoms with Crippen LogP contribution in [0.2, 0.25) is 0 Å². The average Bonchev–Trinajstić information content (AvgIpc) is 2.51. The molecule has 15 nitrogen and oxygen atoms in total. The SMILES string of the molecule is C[N+](C)(C)C.[Fe+2].[Fe].[Fe].[Fe].[N]=O.[N]=O.[N]=O.[N]=O.[N]=O.[N]=O.[N]=O.[S-2].[S-2].[S-2]. The van der Waals surface area contributed by atoms with Crippen molar-refractivity contribution >= 4 is 40.5 Å². The fourth-order valence-electron chi connectivity index (χ4n) is 0. The first-order valence-electron chi connectivity index (χ1n) is 3.07. The van der Waals surface area contributed by atoms with E-state index in [2.05, 4.69) is 28.2 Å². The van der Waals surface area contributed by atoms with Crippen molar-refractivity contribution in [1.29, 1.82) is 0 Å². The fourth-order valence-corrected chi connectivity index (χ4v) is 0. The average molecular weight is 604 g/mol. The Morgan fingerprint density at radius 1 is 0.385 bits per heavy atom. The van der Waals surface area contributed by atoms with Crippen LogP contribution in [-0.4, -0.2) is 32.7 Å². The van der Waals surface area contributed by atoms with Gasteiger partial charge < -0.3 is 45.0 Å². The molecular formula is C4H12Fe4N8O7S3-3. The first kappa shape index (κ1) is 132. The van der Waals surface area contributed by atoms with E-state index >= 15 is 0 Å². The van der Waals surface area contributed by atoms with E-state index in [0.717, 1.165) is 4.48 Å². The van der Waals surface area contributed by atoms with Crippen molar-refractivity contribution in [2.75, 3.05) is 28.2 Å². The van der Waals surface area contributed by atoms with Gasteiger partial charge in [-0.2, -0.15) is 0 Å². The van der Waals surface area contributed by atoms with Crippen LogP contribution >= 0.6 is 0 Å². The minimum Gasteiger partial charge on any atom is -2.00 e. The summed E-state index contributed by atoms with van der Waals surface area (Å²) in [6.45, 7) is 0. The number of quaternary nitrogens is 1. The van der Waals surface area contributed by atoms with Crippen molar-refractivity contribution in [2.24, 2.45) is 0 Å². The molecule has 7 radical (unpaired) electrons. The number of nitroso groups, excluding NO2 is 7. The summed E-state index contributed by atoms with van der Waals surface area (Å²) in [7, 11) is 8.50. The molecule has 0 aliphatic carbocycles. The van der Waals surface area contributed by atoms with Crippen LogP contribution in [0, 0.1) is 34.3 Å². The van der Waals surface area contributed by atoms with Crippen LogP contribution in [0.5, 0.6) is 0 Å². The van der Waals surface area contributed by atoms with Crippen molar-refractivity contribution in [2.45, 2.75) is 0 Å². The van der Waals surface area contributed by atoms with E-state index in [1.807, 2.05) is 0 Å². The molecule has 0 amide bonds. The third-order valence-electron chi connectivity index (χ3n) is 0. The van der Waals surface area contributed by atoms with Gasteiger partial charge in [-0.3, -0.25) is 0 Å². The molecule has 0 fully saturated rings. The van der Waals surface area contributed by atoms with Gasteiger partial charge in [0.2, 0.25) is 0 Å². The van der Waals surface area contributed by atoms with Crippen molar-refractivity contribution in [3.05, 3.63) is 34.3 Å². The molecule has 0 bridgehead atoms. The van der Waals surface area contributed by atoms with Gasteiger partial charge in [0.1, 0.15) is 39.2 Å². The summed E-state index contributed by atoms with van der Waals surface area (Å²) < 4.78 is 1.00. The molecule has 22 heteroatoms. The molecule has 0 aromatic heterocycles. The van der Waals surface area contributed by atoms with Gasteiger partial charge in [0.25, 0.3) is 0 Å². The molecule has 0 aromatic carbocycles. The molecular weight excluding hydrogens is 592 g/mol. The Bertz CT molecular complexity index is 119. The van der Waals surface area contributed by atoms with Gasteiger partial charge in [-0.25, -0.2) is 0 Å². The summed E-state index contributed by atoms with van der Waals surface area (Å²) >= 11 is 0. The smallest absolute Gasteiger partial charge is 2.00 e. The van der Waals surface area contributed by atoms with Crippen molar-refractivity contribution in [1.82, 2.24) is 39.2 Å². The van der Waals surface area contributed by atoms with Crippen LogP contribution in [-0.2, 0) is 109 Å². The summed E-state index contributed by atoms with van der Waals surface area (Å²) in [5, 5.41) is 0. The van der Waals surface area contributed by atoms with Gasteiger partial charge in [0.15, 0.2) is 0 Å². The quantitative estimate of drug-likeness (QED) is 0.206. The zero-order valence-electron chi connectivity index (χ0n) is 13.1. The topological polar surface area (TPSA) is 276 Å². The van der Waals surface area contributed by atoms with Crippen LogP contribution in [0.25, 0.3) is 0 Å².